The first-order valence-electron chi connectivity index (χ1n) is 5.37. The van der Waals surface area contributed by atoms with E-state index in [0.717, 1.165) is 37.3 Å². The summed E-state index contributed by atoms with van der Waals surface area (Å²) in [7, 11) is 0. The van der Waals surface area contributed by atoms with Gasteiger partial charge >= 0.3 is 0 Å². The first-order valence-corrected chi connectivity index (χ1v) is 5.37. The highest BCUT2D eigenvalue weighted by atomic mass is 15.2. The van der Waals surface area contributed by atoms with E-state index in [1.807, 2.05) is 0 Å². The fourth-order valence-corrected chi connectivity index (χ4v) is 1.43. The Morgan fingerprint density at radius 2 is 1.93 bits per heavy atom. The Morgan fingerprint density at radius 1 is 1.29 bits per heavy atom. The molecule has 4 heteroatoms. The Bertz CT molecular complexity index is 275. The lowest BCUT2D eigenvalue weighted by Gasteiger charge is -2.22. The average Bonchev–Trinajstić information content (AvgIpc) is 2.66. The molecular formula is C10H20N4. The minimum absolute atomic E-state index is 0.359. The van der Waals surface area contributed by atoms with E-state index in [0.29, 0.717) is 0 Å². The van der Waals surface area contributed by atoms with Crippen molar-refractivity contribution < 1.29 is 0 Å². The van der Waals surface area contributed by atoms with Crippen molar-refractivity contribution >= 4 is 0 Å². The fourth-order valence-electron chi connectivity index (χ4n) is 1.43. The molecule has 1 aromatic heterocycles. The van der Waals surface area contributed by atoms with Gasteiger partial charge in [0.1, 0.15) is 5.82 Å². The second kappa shape index (κ2) is 4.55. The van der Waals surface area contributed by atoms with Crippen LogP contribution in [0.2, 0.25) is 0 Å². The smallest absolute Gasteiger partial charge is 0.170 e. The first-order chi connectivity index (χ1) is 6.66. The van der Waals surface area contributed by atoms with Crippen LogP contribution in [-0.4, -0.2) is 15.2 Å². The normalized spacial score (nSPS) is 12.0. The third-order valence-corrected chi connectivity index (χ3v) is 2.73. The van der Waals surface area contributed by atoms with Gasteiger partial charge in [-0.25, -0.2) is 4.98 Å². The van der Waals surface area contributed by atoms with Crippen LogP contribution in [0.1, 0.15) is 51.7 Å². The van der Waals surface area contributed by atoms with Gasteiger partial charge in [-0.2, -0.15) is 5.10 Å². The second-order valence-corrected chi connectivity index (χ2v) is 3.72. The van der Waals surface area contributed by atoms with Crippen LogP contribution in [0.3, 0.4) is 0 Å². The summed E-state index contributed by atoms with van der Waals surface area (Å²) in [5.41, 5.74) is 5.82. The number of nitrogens with one attached hydrogen (secondary N) is 1. The minimum atomic E-state index is -0.359. The molecule has 0 atom stereocenters. The van der Waals surface area contributed by atoms with E-state index in [1.54, 1.807) is 0 Å². The Kier molecular flexibility index (Phi) is 3.63. The number of aryl methyl sites for hydroxylation is 1. The molecule has 3 N–H and O–H groups in total. The molecule has 4 nitrogen and oxygen atoms in total. The van der Waals surface area contributed by atoms with Crippen LogP contribution >= 0.6 is 0 Å². The summed E-state index contributed by atoms with van der Waals surface area (Å²) in [4.78, 5) is 4.42. The van der Waals surface area contributed by atoms with E-state index in [9.17, 15) is 0 Å². The lowest BCUT2D eigenvalue weighted by molar-refractivity contribution is 0.388. The fraction of sp³-hybridized carbons (Fsp3) is 0.800. The van der Waals surface area contributed by atoms with Crippen LogP contribution < -0.4 is 5.73 Å². The van der Waals surface area contributed by atoms with Crippen molar-refractivity contribution in [3.05, 3.63) is 11.6 Å². The van der Waals surface area contributed by atoms with Gasteiger partial charge in [0.2, 0.25) is 0 Å². The molecule has 0 aromatic carbocycles. The van der Waals surface area contributed by atoms with Crippen LogP contribution in [0.5, 0.6) is 0 Å². The lowest BCUT2D eigenvalue weighted by Crippen LogP contribution is -2.36. The third kappa shape index (κ3) is 2.12. The highest BCUT2D eigenvalue weighted by Crippen LogP contribution is 2.21. The molecule has 0 unspecified atom stereocenters. The molecule has 14 heavy (non-hydrogen) atoms. The number of nitrogens with two attached hydrogens (primary N) is 1. The monoisotopic (exact) mass is 196 g/mol. The summed E-state index contributed by atoms with van der Waals surface area (Å²) in [6, 6.07) is 0. The highest BCUT2D eigenvalue weighted by Gasteiger charge is 2.27. The largest absolute Gasteiger partial charge is 0.319 e. The summed E-state index contributed by atoms with van der Waals surface area (Å²) < 4.78 is 0. The highest BCUT2D eigenvalue weighted by molar-refractivity contribution is 5.04. The summed E-state index contributed by atoms with van der Waals surface area (Å²) in [6.45, 7) is 6.26. The predicted molar refractivity (Wildman–Crippen MR) is 56.8 cm³/mol. The number of H-pyrrole nitrogens is 1. The van der Waals surface area contributed by atoms with Crippen molar-refractivity contribution in [2.45, 2.75) is 52.0 Å². The predicted octanol–water partition coefficient (Wildman–Crippen LogP) is 1.73. The Balaban J connectivity index is 2.84. The number of aromatic amines is 1. The zero-order chi connectivity index (χ0) is 10.6. The molecule has 0 spiro atoms. The SMILES string of the molecule is CCCc1nc(C(N)(CC)CC)n[nH]1. The summed E-state index contributed by atoms with van der Waals surface area (Å²) in [5, 5.41) is 7.13. The lowest BCUT2D eigenvalue weighted by atomic mass is 9.93. The van der Waals surface area contributed by atoms with Crippen molar-refractivity contribution in [1.29, 1.82) is 0 Å². The first kappa shape index (κ1) is 11.2. The number of hydrogen-bond donors (Lipinski definition) is 2. The zero-order valence-electron chi connectivity index (χ0n) is 9.30. The summed E-state index contributed by atoms with van der Waals surface area (Å²) in [6.07, 6.45) is 3.75. The molecular weight excluding hydrogens is 176 g/mol. The third-order valence-electron chi connectivity index (χ3n) is 2.73. The van der Waals surface area contributed by atoms with E-state index in [4.69, 9.17) is 5.73 Å². The van der Waals surface area contributed by atoms with Gasteiger partial charge in [0.25, 0.3) is 0 Å². The van der Waals surface area contributed by atoms with Crippen LogP contribution in [0.4, 0.5) is 0 Å². The van der Waals surface area contributed by atoms with E-state index in [1.165, 1.54) is 0 Å². The molecule has 1 rings (SSSR count). The molecule has 80 valence electrons. The molecule has 1 aromatic rings. The van der Waals surface area contributed by atoms with Crippen molar-refractivity contribution in [3.8, 4) is 0 Å². The molecule has 0 saturated carbocycles. The van der Waals surface area contributed by atoms with Crippen LogP contribution in [0.25, 0.3) is 0 Å². The van der Waals surface area contributed by atoms with E-state index >= 15 is 0 Å². The van der Waals surface area contributed by atoms with Gasteiger partial charge < -0.3 is 5.73 Å². The minimum Gasteiger partial charge on any atom is -0.319 e. The van der Waals surface area contributed by atoms with Gasteiger partial charge in [-0.05, 0) is 19.3 Å². The van der Waals surface area contributed by atoms with Gasteiger partial charge in [0.15, 0.2) is 5.82 Å². The van der Waals surface area contributed by atoms with Crippen molar-refractivity contribution in [1.82, 2.24) is 15.2 Å². The Hall–Kier alpha value is -0.900. The number of nitrogens with zero attached hydrogens (tertiary/aromatic N) is 2. The van der Waals surface area contributed by atoms with Gasteiger partial charge in [0, 0.05) is 6.42 Å². The maximum atomic E-state index is 6.18. The van der Waals surface area contributed by atoms with Gasteiger partial charge in [-0.3, -0.25) is 5.10 Å². The standard InChI is InChI=1S/C10H20N4/c1-4-7-8-12-9(14-13-8)10(11,5-2)6-3/h4-7,11H2,1-3H3,(H,12,13,14). The molecule has 1 heterocycles. The number of hydrogen-bond acceptors (Lipinski definition) is 3. The second-order valence-electron chi connectivity index (χ2n) is 3.72. The quantitative estimate of drug-likeness (QED) is 0.753. The summed E-state index contributed by atoms with van der Waals surface area (Å²) in [5.74, 6) is 1.70. The van der Waals surface area contributed by atoms with Crippen LogP contribution in [0.15, 0.2) is 0 Å². The number of aromatic nitrogens is 3. The average molecular weight is 196 g/mol. The Labute approximate surface area is 85.3 Å². The molecule has 0 aliphatic heterocycles. The topological polar surface area (TPSA) is 67.6 Å². The van der Waals surface area contributed by atoms with E-state index in [2.05, 4.69) is 36.0 Å². The van der Waals surface area contributed by atoms with Crippen LogP contribution in [-0.2, 0) is 12.0 Å². The van der Waals surface area contributed by atoms with E-state index < -0.39 is 0 Å². The molecule has 0 amide bonds. The van der Waals surface area contributed by atoms with Crippen molar-refractivity contribution in [2.75, 3.05) is 0 Å². The van der Waals surface area contributed by atoms with Gasteiger partial charge in [-0.1, -0.05) is 20.8 Å². The van der Waals surface area contributed by atoms with Crippen molar-refractivity contribution in [3.63, 3.8) is 0 Å². The van der Waals surface area contributed by atoms with Gasteiger partial charge in [0.05, 0.1) is 5.54 Å². The number of rotatable bonds is 5. The molecule has 0 aliphatic carbocycles. The molecule has 0 aliphatic rings. The Morgan fingerprint density at radius 3 is 2.43 bits per heavy atom. The molecule has 0 saturated heterocycles. The zero-order valence-corrected chi connectivity index (χ0v) is 9.30. The maximum absolute atomic E-state index is 6.18. The van der Waals surface area contributed by atoms with Crippen molar-refractivity contribution in [2.24, 2.45) is 5.73 Å². The molecule has 0 fully saturated rings. The summed E-state index contributed by atoms with van der Waals surface area (Å²) >= 11 is 0. The maximum Gasteiger partial charge on any atom is 0.170 e. The molecule has 0 radical (unpaired) electrons. The van der Waals surface area contributed by atoms with Crippen LogP contribution in [0, 0.1) is 0 Å². The molecule has 0 bridgehead atoms. The van der Waals surface area contributed by atoms with Gasteiger partial charge in [-0.15, -0.1) is 0 Å². The van der Waals surface area contributed by atoms with E-state index in [-0.39, 0.29) is 5.54 Å².